The highest BCUT2D eigenvalue weighted by Crippen LogP contribution is 2.34. The monoisotopic (exact) mass is 450 g/mol. The largest absolute Gasteiger partial charge is 0.268 e. The summed E-state index contributed by atoms with van der Waals surface area (Å²) in [7, 11) is 0. The SMILES string of the molecule is Cc1nc2ccccc2c(=O)n1-c1c(Br)cc(Br)c2nsnc12. The number of rotatable bonds is 1. The summed E-state index contributed by atoms with van der Waals surface area (Å²) in [5.41, 5.74) is 2.63. The Balaban J connectivity index is 2.20. The molecule has 23 heavy (non-hydrogen) atoms. The minimum atomic E-state index is -0.120. The van der Waals surface area contributed by atoms with Crippen LogP contribution in [0.2, 0.25) is 0 Å². The number of halogens is 2. The number of hydrogen-bond donors (Lipinski definition) is 0. The quantitative estimate of drug-likeness (QED) is 0.434. The van der Waals surface area contributed by atoms with Gasteiger partial charge in [-0.1, -0.05) is 12.1 Å². The Hall–Kier alpha value is -1.64. The average Bonchev–Trinajstić information content (AvgIpc) is 3.00. The molecule has 0 fully saturated rings. The van der Waals surface area contributed by atoms with Crippen molar-refractivity contribution in [1.29, 1.82) is 0 Å². The zero-order valence-corrected chi connectivity index (χ0v) is 15.7. The van der Waals surface area contributed by atoms with E-state index < -0.39 is 0 Å². The Labute approximate surface area is 151 Å². The fourth-order valence-corrected chi connectivity index (χ4v) is 4.67. The molecule has 4 rings (SSSR count). The first-order valence-corrected chi connectivity index (χ1v) is 8.98. The normalized spacial score (nSPS) is 11.4. The van der Waals surface area contributed by atoms with Gasteiger partial charge in [-0.15, -0.1) is 0 Å². The summed E-state index contributed by atoms with van der Waals surface area (Å²) in [6.07, 6.45) is 0. The molecule has 0 unspecified atom stereocenters. The van der Waals surface area contributed by atoms with Crippen molar-refractivity contribution in [1.82, 2.24) is 18.3 Å². The molecule has 114 valence electrons. The van der Waals surface area contributed by atoms with Crippen LogP contribution < -0.4 is 5.56 Å². The number of nitrogens with zero attached hydrogens (tertiary/aromatic N) is 4. The van der Waals surface area contributed by atoms with Gasteiger partial charge in [-0.05, 0) is 57.0 Å². The lowest BCUT2D eigenvalue weighted by molar-refractivity contribution is 0.895. The summed E-state index contributed by atoms with van der Waals surface area (Å²) in [5.74, 6) is 0.603. The van der Waals surface area contributed by atoms with Gasteiger partial charge in [0.05, 0.1) is 28.3 Å². The summed E-state index contributed by atoms with van der Waals surface area (Å²) in [6, 6.07) is 9.20. The van der Waals surface area contributed by atoms with Crippen LogP contribution in [0.1, 0.15) is 5.82 Å². The van der Waals surface area contributed by atoms with Crippen LogP contribution >= 0.6 is 43.6 Å². The number of aromatic nitrogens is 4. The fourth-order valence-electron chi connectivity index (χ4n) is 2.58. The zero-order chi connectivity index (χ0) is 16.1. The van der Waals surface area contributed by atoms with Crippen LogP contribution in [-0.4, -0.2) is 18.3 Å². The Kier molecular flexibility index (Phi) is 3.55. The molecule has 0 saturated carbocycles. The first-order valence-electron chi connectivity index (χ1n) is 6.67. The van der Waals surface area contributed by atoms with Crippen LogP contribution in [0, 0.1) is 6.92 Å². The minimum absolute atomic E-state index is 0.120. The summed E-state index contributed by atoms with van der Waals surface area (Å²) >= 11 is 8.14. The molecule has 0 bridgehead atoms. The number of aryl methyl sites for hydroxylation is 1. The maximum Gasteiger partial charge on any atom is 0.266 e. The third-order valence-electron chi connectivity index (χ3n) is 3.59. The van der Waals surface area contributed by atoms with Crippen LogP contribution in [-0.2, 0) is 0 Å². The minimum Gasteiger partial charge on any atom is -0.268 e. The van der Waals surface area contributed by atoms with Gasteiger partial charge < -0.3 is 0 Å². The highest BCUT2D eigenvalue weighted by molar-refractivity contribution is 9.11. The smallest absolute Gasteiger partial charge is 0.266 e. The highest BCUT2D eigenvalue weighted by Gasteiger charge is 2.19. The van der Waals surface area contributed by atoms with Crippen molar-refractivity contribution in [2.75, 3.05) is 0 Å². The molecule has 4 aromatic rings. The maximum absolute atomic E-state index is 13.0. The number of para-hydroxylation sites is 1. The first-order chi connectivity index (χ1) is 11.1. The summed E-state index contributed by atoms with van der Waals surface area (Å²) in [4.78, 5) is 17.6. The van der Waals surface area contributed by atoms with Crippen LogP contribution in [0.25, 0.3) is 27.6 Å². The first kappa shape index (κ1) is 14.9. The Bertz CT molecular complexity index is 1140. The second-order valence-corrected chi connectivity index (χ2v) is 7.20. The van der Waals surface area contributed by atoms with Crippen LogP contribution in [0.5, 0.6) is 0 Å². The van der Waals surface area contributed by atoms with Gasteiger partial charge in [0.2, 0.25) is 0 Å². The van der Waals surface area contributed by atoms with Crippen LogP contribution in [0.4, 0.5) is 0 Å². The lowest BCUT2D eigenvalue weighted by atomic mass is 10.2. The van der Waals surface area contributed by atoms with E-state index in [-0.39, 0.29) is 5.56 Å². The number of fused-ring (bicyclic) bond motifs is 2. The summed E-state index contributed by atoms with van der Waals surface area (Å²) in [5, 5.41) is 0.573. The molecule has 0 aliphatic carbocycles. The van der Waals surface area contributed by atoms with Crippen molar-refractivity contribution in [3.05, 3.63) is 55.5 Å². The van der Waals surface area contributed by atoms with Gasteiger partial charge in [0, 0.05) is 8.95 Å². The molecule has 0 aliphatic heterocycles. The molecule has 2 heterocycles. The van der Waals surface area contributed by atoms with E-state index in [1.807, 2.05) is 31.2 Å². The average molecular weight is 452 g/mol. The molecule has 0 aliphatic rings. The van der Waals surface area contributed by atoms with Crippen LogP contribution in [0.15, 0.2) is 44.1 Å². The Morgan fingerprint density at radius 1 is 1.09 bits per heavy atom. The Morgan fingerprint density at radius 3 is 2.65 bits per heavy atom. The van der Waals surface area contributed by atoms with E-state index in [1.165, 1.54) is 0 Å². The van der Waals surface area contributed by atoms with E-state index in [0.29, 0.717) is 27.9 Å². The second-order valence-electron chi connectivity index (χ2n) is 4.97. The predicted molar refractivity (Wildman–Crippen MR) is 98.5 cm³/mol. The van der Waals surface area contributed by atoms with E-state index in [0.717, 1.165) is 26.2 Å². The van der Waals surface area contributed by atoms with Crippen molar-refractivity contribution < 1.29 is 0 Å². The molecule has 0 atom stereocenters. The van der Waals surface area contributed by atoms with E-state index in [2.05, 4.69) is 45.6 Å². The van der Waals surface area contributed by atoms with Gasteiger partial charge in [-0.2, -0.15) is 8.75 Å². The van der Waals surface area contributed by atoms with Crippen molar-refractivity contribution in [3.63, 3.8) is 0 Å². The number of hydrogen-bond acceptors (Lipinski definition) is 5. The third kappa shape index (κ3) is 2.24. The molecule has 0 saturated heterocycles. The summed E-state index contributed by atoms with van der Waals surface area (Å²) < 4.78 is 11.8. The molecule has 8 heteroatoms. The molecular weight excluding hydrogens is 444 g/mol. The second kappa shape index (κ2) is 5.47. The van der Waals surface area contributed by atoms with Crippen LogP contribution in [0.3, 0.4) is 0 Å². The van der Waals surface area contributed by atoms with E-state index in [4.69, 9.17) is 0 Å². The van der Waals surface area contributed by atoms with Crippen molar-refractivity contribution in [2.24, 2.45) is 0 Å². The molecule has 0 radical (unpaired) electrons. The Morgan fingerprint density at radius 2 is 1.83 bits per heavy atom. The lowest BCUT2D eigenvalue weighted by Crippen LogP contribution is -2.23. The maximum atomic E-state index is 13.0. The van der Waals surface area contributed by atoms with E-state index in [9.17, 15) is 4.79 Å². The van der Waals surface area contributed by atoms with Gasteiger partial charge in [0.15, 0.2) is 0 Å². The van der Waals surface area contributed by atoms with E-state index in [1.54, 1.807) is 10.6 Å². The van der Waals surface area contributed by atoms with Crippen molar-refractivity contribution in [2.45, 2.75) is 6.92 Å². The molecule has 0 N–H and O–H groups in total. The zero-order valence-electron chi connectivity index (χ0n) is 11.7. The van der Waals surface area contributed by atoms with Crippen molar-refractivity contribution in [3.8, 4) is 5.69 Å². The van der Waals surface area contributed by atoms with E-state index >= 15 is 0 Å². The lowest BCUT2D eigenvalue weighted by Gasteiger charge is -2.13. The van der Waals surface area contributed by atoms with Gasteiger partial charge in [0.1, 0.15) is 16.9 Å². The fraction of sp³-hybridized carbons (Fsp3) is 0.0667. The molecule has 5 nitrogen and oxygen atoms in total. The molecule has 2 aromatic carbocycles. The van der Waals surface area contributed by atoms with Gasteiger partial charge >= 0.3 is 0 Å². The molecular formula is C15H8Br2N4OS. The standard InChI is InChI=1S/C15H8Br2N4OS/c1-7-18-11-5-3-2-4-8(11)15(22)21(7)14-10(17)6-9(16)12-13(14)20-23-19-12/h2-6H,1H3. The molecule has 2 aromatic heterocycles. The highest BCUT2D eigenvalue weighted by atomic mass is 79.9. The summed E-state index contributed by atoms with van der Waals surface area (Å²) in [6.45, 7) is 1.81. The molecule has 0 spiro atoms. The topological polar surface area (TPSA) is 60.7 Å². The predicted octanol–water partition coefficient (Wildman–Crippen LogP) is 4.22. The van der Waals surface area contributed by atoms with Gasteiger partial charge in [-0.3, -0.25) is 9.36 Å². The van der Waals surface area contributed by atoms with Crippen molar-refractivity contribution >= 4 is 65.5 Å². The third-order valence-corrected chi connectivity index (χ3v) is 5.32. The number of benzene rings is 2. The van der Waals surface area contributed by atoms with Gasteiger partial charge in [-0.25, -0.2) is 4.98 Å². The van der Waals surface area contributed by atoms with Gasteiger partial charge in [0.25, 0.3) is 5.56 Å². The molecule has 0 amide bonds.